The monoisotopic (exact) mass is 432 g/mol. The summed E-state index contributed by atoms with van der Waals surface area (Å²) in [4.78, 5) is 40.2. The van der Waals surface area contributed by atoms with Gasteiger partial charge in [0.15, 0.2) is 0 Å². The highest BCUT2D eigenvalue weighted by Gasteiger charge is 2.38. The van der Waals surface area contributed by atoms with Crippen LogP contribution in [0.3, 0.4) is 0 Å². The minimum absolute atomic E-state index is 0.156. The summed E-state index contributed by atoms with van der Waals surface area (Å²) < 4.78 is 7.21. The molecule has 32 heavy (non-hydrogen) atoms. The van der Waals surface area contributed by atoms with Crippen molar-refractivity contribution in [2.75, 3.05) is 30.9 Å². The third-order valence-corrected chi connectivity index (χ3v) is 6.18. The van der Waals surface area contributed by atoms with E-state index in [9.17, 15) is 14.4 Å². The highest BCUT2D eigenvalue weighted by Crippen LogP contribution is 2.31. The maximum atomic E-state index is 13.1. The van der Waals surface area contributed by atoms with E-state index >= 15 is 0 Å². The SMILES string of the molecule is COCCn1ccc2c(C(=O)Nc3ccc4c(c3)C(=O)N3CCC[C@@H]3C(=O)N4)cccc21. The number of amides is 3. The van der Waals surface area contributed by atoms with E-state index in [0.717, 1.165) is 17.3 Å². The van der Waals surface area contributed by atoms with Gasteiger partial charge in [-0.2, -0.15) is 0 Å². The molecule has 8 nitrogen and oxygen atoms in total. The Morgan fingerprint density at radius 3 is 2.94 bits per heavy atom. The molecule has 0 aliphatic carbocycles. The minimum Gasteiger partial charge on any atom is -0.383 e. The van der Waals surface area contributed by atoms with Crippen LogP contribution in [0, 0.1) is 0 Å². The number of anilines is 2. The van der Waals surface area contributed by atoms with Gasteiger partial charge in [0.05, 0.1) is 17.9 Å². The molecule has 1 atom stereocenters. The van der Waals surface area contributed by atoms with Gasteiger partial charge in [-0.15, -0.1) is 0 Å². The Labute approximate surface area is 185 Å². The second-order valence-corrected chi connectivity index (χ2v) is 8.10. The van der Waals surface area contributed by atoms with Gasteiger partial charge < -0.3 is 24.8 Å². The quantitative estimate of drug-likeness (QED) is 0.648. The van der Waals surface area contributed by atoms with Crippen molar-refractivity contribution in [3.8, 4) is 0 Å². The number of aromatic nitrogens is 1. The van der Waals surface area contributed by atoms with Crippen LogP contribution in [0.5, 0.6) is 0 Å². The number of carbonyl (C=O) groups excluding carboxylic acids is 3. The van der Waals surface area contributed by atoms with Gasteiger partial charge in [0.1, 0.15) is 6.04 Å². The summed E-state index contributed by atoms with van der Waals surface area (Å²) in [6.07, 6.45) is 3.42. The number of carbonyl (C=O) groups is 3. The fraction of sp³-hybridized carbons (Fsp3) is 0.292. The van der Waals surface area contributed by atoms with Crippen molar-refractivity contribution in [3.63, 3.8) is 0 Å². The summed E-state index contributed by atoms with van der Waals surface area (Å²) >= 11 is 0. The summed E-state index contributed by atoms with van der Waals surface area (Å²) in [6.45, 7) is 1.84. The van der Waals surface area contributed by atoms with Crippen molar-refractivity contribution in [2.45, 2.75) is 25.4 Å². The van der Waals surface area contributed by atoms with Crippen LogP contribution in [0.4, 0.5) is 11.4 Å². The smallest absolute Gasteiger partial charge is 0.256 e. The molecular formula is C24H24N4O4. The van der Waals surface area contributed by atoms with Crippen LogP contribution in [-0.2, 0) is 16.1 Å². The summed E-state index contributed by atoms with van der Waals surface area (Å²) in [5, 5.41) is 6.61. The average Bonchev–Trinajstić information content (AvgIpc) is 3.43. The van der Waals surface area contributed by atoms with E-state index < -0.39 is 6.04 Å². The predicted molar refractivity (Wildman–Crippen MR) is 121 cm³/mol. The fourth-order valence-electron chi connectivity index (χ4n) is 4.57. The van der Waals surface area contributed by atoms with E-state index in [2.05, 4.69) is 10.6 Å². The molecule has 3 amide bonds. The molecule has 0 radical (unpaired) electrons. The maximum Gasteiger partial charge on any atom is 0.256 e. The normalized spacial score (nSPS) is 17.7. The second-order valence-electron chi connectivity index (χ2n) is 8.10. The Bertz CT molecular complexity index is 1230. The number of nitrogens with one attached hydrogen (secondary N) is 2. The molecule has 0 bridgehead atoms. The molecule has 5 rings (SSSR count). The molecule has 1 fully saturated rings. The van der Waals surface area contributed by atoms with Crippen molar-refractivity contribution >= 4 is 40.0 Å². The van der Waals surface area contributed by atoms with E-state index in [1.165, 1.54) is 0 Å². The van der Waals surface area contributed by atoms with Crippen LogP contribution < -0.4 is 10.6 Å². The Kier molecular flexibility index (Phi) is 5.14. The van der Waals surface area contributed by atoms with Crippen LogP contribution >= 0.6 is 0 Å². The van der Waals surface area contributed by atoms with Gasteiger partial charge in [0, 0.05) is 48.5 Å². The number of hydrogen-bond donors (Lipinski definition) is 2. The van der Waals surface area contributed by atoms with Gasteiger partial charge in [0.25, 0.3) is 11.8 Å². The first-order chi connectivity index (χ1) is 15.6. The molecule has 3 heterocycles. The zero-order valence-electron chi connectivity index (χ0n) is 17.8. The molecule has 0 unspecified atom stereocenters. The Balaban J connectivity index is 1.43. The van der Waals surface area contributed by atoms with Crippen LogP contribution in [0.15, 0.2) is 48.7 Å². The third-order valence-electron chi connectivity index (χ3n) is 6.18. The fourth-order valence-corrected chi connectivity index (χ4v) is 4.57. The Morgan fingerprint density at radius 2 is 2.09 bits per heavy atom. The molecule has 1 aromatic heterocycles. The Hall–Kier alpha value is -3.65. The summed E-state index contributed by atoms with van der Waals surface area (Å²) in [5.41, 5.74) is 2.88. The summed E-state index contributed by atoms with van der Waals surface area (Å²) in [5.74, 6) is -0.602. The molecule has 0 saturated carbocycles. The van der Waals surface area contributed by atoms with Crippen LogP contribution in [-0.4, -0.2) is 53.5 Å². The van der Waals surface area contributed by atoms with Crippen molar-refractivity contribution in [1.82, 2.24) is 9.47 Å². The van der Waals surface area contributed by atoms with E-state index in [4.69, 9.17) is 4.74 Å². The molecular weight excluding hydrogens is 408 g/mol. The van der Waals surface area contributed by atoms with Crippen molar-refractivity contribution in [2.24, 2.45) is 0 Å². The maximum absolute atomic E-state index is 13.1. The van der Waals surface area contributed by atoms with E-state index in [1.54, 1.807) is 36.3 Å². The number of hydrogen-bond acceptors (Lipinski definition) is 4. The number of methoxy groups -OCH3 is 1. The zero-order chi connectivity index (χ0) is 22.2. The first-order valence-corrected chi connectivity index (χ1v) is 10.7. The molecule has 8 heteroatoms. The van der Waals surface area contributed by atoms with Gasteiger partial charge in [-0.3, -0.25) is 14.4 Å². The first kappa shape index (κ1) is 20.3. The highest BCUT2D eigenvalue weighted by molar-refractivity contribution is 6.14. The van der Waals surface area contributed by atoms with Crippen LogP contribution in [0.25, 0.3) is 10.9 Å². The van der Waals surface area contributed by atoms with Gasteiger partial charge in [-0.25, -0.2) is 0 Å². The average molecular weight is 432 g/mol. The zero-order valence-corrected chi connectivity index (χ0v) is 17.8. The van der Waals surface area contributed by atoms with E-state index in [1.807, 2.05) is 29.0 Å². The lowest BCUT2D eigenvalue weighted by Crippen LogP contribution is -2.40. The Morgan fingerprint density at radius 1 is 1.22 bits per heavy atom. The molecule has 2 aliphatic rings. The van der Waals surface area contributed by atoms with Crippen molar-refractivity contribution in [1.29, 1.82) is 0 Å². The van der Waals surface area contributed by atoms with Crippen LogP contribution in [0.2, 0.25) is 0 Å². The lowest BCUT2D eigenvalue weighted by molar-refractivity contribution is -0.119. The summed E-state index contributed by atoms with van der Waals surface area (Å²) in [6, 6.07) is 12.1. The number of nitrogens with zero attached hydrogens (tertiary/aromatic N) is 2. The highest BCUT2D eigenvalue weighted by atomic mass is 16.5. The number of benzene rings is 2. The molecule has 2 N–H and O–H groups in total. The van der Waals surface area contributed by atoms with Crippen LogP contribution in [0.1, 0.15) is 33.6 Å². The lowest BCUT2D eigenvalue weighted by atomic mass is 10.1. The molecule has 2 aliphatic heterocycles. The molecule has 1 saturated heterocycles. The number of fused-ring (bicyclic) bond motifs is 3. The summed E-state index contributed by atoms with van der Waals surface area (Å²) in [7, 11) is 1.66. The van der Waals surface area contributed by atoms with Crippen molar-refractivity contribution in [3.05, 3.63) is 59.8 Å². The lowest BCUT2D eigenvalue weighted by Gasteiger charge is -2.20. The predicted octanol–water partition coefficient (Wildman–Crippen LogP) is 3.10. The molecule has 0 spiro atoms. The van der Waals surface area contributed by atoms with Gasteiger partial charge >= 0.3 is 0 Å². The largest absolute Gasteiger partial charge is 0.383 e. The van der Waals surface area contributed by atoms with E-state index in [0.29, 0.717) is 48.6 Å². The molecule has 164 valence electrons. The topological polar surface area (TPSA) is 92.7 Å². The van der Waals surface area contributed by atoms with Gasteiger partial charge in [-0.1, -0.05) is 6.07 Å². The molecule has 3 aromatic rings. The number of ether oxygens (including phenoxy) is 1. The van der Waals surface area contributed by atoms with Gasteiger partial charge in [-0.05, 0) is 49.2 Å². The van der Waals surface area contributed by atoms with E-state index in [-0.39, 0.29) is 17.7 Å². The minimum atomic E-state index is -0.423. The second kappa shape index (κ2) is 8.12. The third kappa shape index (κ3) is 3.42. The van der Waals surface area contributed by atoms with Crippen molar-refractivity contribution < 1.29 is 19.1 Å². The standard InChI is InChI=1S/C24H24N4O4/c1-32-13-12-27-11-9-16-17(4-2-5-20(16)27)22(29)25-15-7-8-19-18(14-15)24(31)28-10-3-6-21(28)23(30)26-19/h2,4-5,7-9,11,14,21H,3,6,10,12-13H2,1H3,(H,25,29)(H,26,30)/t21-/m1/s1. The van der Waals surface area contributed by atoms with Gasteiger partial charge in [0.2, 0.25) is 5.91 Å². The number of rotatable bonds is 5. The first-order valence-electron chi connectivity index (χ1n) is 10.7. The molecule has 2 aromatic carbocycles.